The number of halogens is 2. The van der Waals surface area contributed by atoms with Gasteiger partial charge in [0.25, 0.3) is 5.88 Å². The molecule has 0 bridgehead atoms. The van der Waals surface area contributed by atoms with Gasteiger partial charge in [-0.25, -0.2) is 9.37 Å². The molecule has 0 aliphatic carbocycles. The van der Waals surface area contributed by atoms with Crippen LogP contribution in [-0.2, 0) is 0 Å². The smallest absolute Gasteiger partial charge is 0.268 e. The fraction of sp³-hybridized carbons (Fsp3) is 0.231. The predicted octanol–water partition coefficient (Wildman–Crippen LogP) is 3.50. The zero-order valence-electron chi connectivity index (χ0n) is 11.0. The second-order valence-electron chi connectivity index (χ2n) is 3.75. The Morgan fingerprint density at radius 2 is 2.15 bits per heavy atom. The van der Waals surface area contributed by atoms with Crippen LogP contribution in [0.15, 0.2) is 24.5 Å². The van der Waals surface area contributed by atoms with Gasteiger partial charge in [0.05, 0.1) is 12.1 Å². The van der Waals surface area contributed by atoms with Gasteiger partial charge in [0.1, 0.15) is 6.33 Å². The SMILES string of the molecule is CCNc1ncnc(Oc2cccc(Cl)c2F)c1OC. The van der Waals surface area contributed by atoms with Crippen LogP contribution < -0.4 is 14.8 Å². The lowest BCUT2D eigenvalue weighted by atomic mass is 10.3. The van der Waals surface area contributed by atoms with Crippen LogP contribution in [0.25, 0.3) is 0 Å². The number of anilines is 1. The quantitative estimate of drug-likeness (QED) is 0.915. The Bertz CT molecular complexity index is 610. The Balaban J connectivity index is 2.38. The van der Waals surface area contributed by atoms with Crippen LogP contribution in [0.3, 0.4) is 0 Å². The lowest BCUT2D eigenvalue weighted by Crippen LogP contribution is -2.04. The van der Waals surface area contributed by atoms with E-state index in [0.29, 0.717) is 18.1 Å². The molecule has 0 fully saturated rings. The highest BCUT2D eigenvalue weighted by Crippen LogP contribution is 2.36. The van der Waals surface area contributed by atoms with Crippen LogP contribution in [0.5, 0.6) is 17.4 Å². The summed E-state index contributed by atoms with van der Waals surface area (Å²) in [4.78, 5) is 7.98. The number of aromatic nitrogens is 2. The van der Waals surface area contributed by atoms with E-state index >= 15 is 0 Å². The summed E-state index contributed by atoms with van der Waals surface area (Å²) in [6.07, 6.45) is 1.30. The van der Waals surface area contributed by atoms with Gasteiger partial charge < -0.3 is 14.8 Å². The average molecular weight is 298 g/mol. The predicted molar refractivity (Wildman–Crippen MR) is 74.2 cm³/mol. The van der Waals surface area contributed by atoms with E-state index in [4.69, 9.17) is 21.1 Å². The first-order chi connectivity index (χ1) is 9.67. The lowest BCUT2D eigenvalue weighted by Gasteiger charge is -2.13. The van der Waals surface area contributed by atoms with E-state index in [2.05, 4.69) is 15.3 Å². The topological polar surface area (TPSA) is 56.3 Å². The summed E-state index contributed by atoms with van der Waals surface area (Å²) in [6, 6.07) is 4.47. The molecule has 1 N–H and O–H groups in total. The van der Waals surface area contributed by atoms with Crippen molar-refractivity contribution >= 4 is 17.4 Å². The van der Waals surface area contributed by atoms with Crippen LogP contribution in [0.1, 0.15) is 6.92 Å². The molecule has 2 rings (SSSR count). The van der Waals surface area contributed by atoms with Crippen molar-refractivity contribution in [1.29, 1.82) is 0 Å². The van der Waals surface area contributed by atoms with Crippen molar-refractivity contribution in [2.75, 3.05) is 19.0 Å². The van der Waals surface area contributed by atoms with Crippen LogP contribution in [0.4, 0.5) is 10.2 Å². The molecule has 0 saturated carbocycles. The zero-order chi connectivity index (χ0) is 14.5. The standard InChI is InChI=1S/C13H13ClFN3O2/c1-3-16-12-11(19-2)13(18-7-17-12)20-9-6-4-5-8(14)10(9)15/h4-7H,3H2,1-2H3,(H,16,17,18). The molecule has 2 aromatic rings. The van der Waals surface area contributed by atoms with E-state index < -0.39 is 5.82 Å². The summed E-state index contributed by atoms with van der Waals surface area (Å²) in [7, 11) is 1.46. The third kappa shape index (κ3) is 2.91. The van der Waals surface area contributed by atoms with E-state index in [-0.39, 0.29) is 16.7 Å². The number of nitrogens with one attached hydrogen (secondary N) is 1. The molecule has 106 valence electrons. The van der Waals surface area contributed by atoms with Gasteiger partial charge in [-0.3, -0.25) is 0 Å². The van der Waals surface area contributed by atoms with Gasteiger partial charge in [-0.15, -0.1) is 0 Å². The third-order valence-electron chi connectivity index (χ3n) is 2.44. The maximum Gasteiger partial charge on any atom is 0.268 e. The maximum atomic E-state index is 13.8. The fourth-order valence-corrected chi connectivity index (χ4v) is 1.74. The van der Waals surface area contributed by atoms with Gasteiger partial charge in [0.15, 0.2) is 17.4 Å². The molecule has 0 aliphatic heterocycles. The van der Waals surface area contributed by atoms with Gasteiger partial charge >= 0.3 is 0 Å². The molecular weight excluding hydrogens is 285 g/mol. The third-order valence-corrected chi connectivity index (χ3v) is 2.73. The molecule has 1 heterocycles. The van der Waals surface area contributed by atoms with Crippen molar-refractivity contribution in [1.82, 2.24) is 9.97 Å². The number of rotatable bonds is 5. The molecule has 0 radical (unpaired) electrons. The Hall–Kier alpha value is -2.08. The number of nitrogens with zero attached hydrogens (tertiary/aromatic N) is 2. The van der Waals surface area contributed by atoms with Crippen molar-refractivity contribution in [3.05, 3.63) is 35.4 Å². The average Bonchev–Trinajstić information content (AvgIpc) is 2.44. The minimum atomic E-state index is -0.653. The number of ether oxygens (including phenoxy) is 2. The Labute approximate surface area is 120 Å². The van der Waals surface area contributed by atoms with E-state index in [1.807, 2.05) is 6.92 Å². The van der Waals surface area contributed by atoms with E-state index in [9.17, 15) is 4.39 Å². The van der Waals surface area contributed by atoms with Crippen molar-refractivity contribution in [3.8, 4) is 17.4 Å². The first-order valence-corrected chi connectivity index (χ1v) is 6.29. The minimum Gasteiger partial charge on any atom is -0.489 e. The van der Waals surface area contributed by atoms with Gasteiger partial charge in [0.2, 0.25) is 5.75 Å². The van der Waals surface area contributed by atoms with Crippen molar-refractivity contribution < 1.29 is 13.9 Å². The molecule has 0 spiro atoms. The minimum absolute atomic E-state index is 0.0255. The summed E-state index contributed by atoms with van der Waals surface area (Å²) in [5, 5.41) is 2.98. The maximum absolute atomic E-state index is 13.8. The van der Waals surface area contributed by atoms with Crippen LogP contribution >= 0.6 is 11.6 Å². The molecule has 7 heteroatoms. The highest BCUT2D eigenvalue weighted by atomic mass is 35.5. The van der Waals surface area contributed by atoms with Gasteiger partial charge in [-0.05, 0) is 19.1 Å². The highest BCUT2D eigenvalue weighted by molar-refractivity contribution is 6.30. The second-order valence-corrected chi connectivity index (χ2v) is 4.15. The fourth-order valence-electron chi connectivity index (χ4n) is 1.57. The Kier molecular flexibility index (Phi) is 4.57. The molecule has 0 unspecified atom stereocenters. The molecule has 0 amide bonds. The monoisotopic (exact) mass is 297 g/mol. The van der Waals surface area contributed by atoms with Gasteiger partial charge in [0, 0.05) is 6.54 Å². The number of methoxy groups -OCH3 is 1. The molecule has 5 nitrogen and oxygen atoms in total. The summed E-state index contributed by atoms with van der Waals surface area (Å²) in [5.74, 6) is 0.201. The Morgan fingerprint density at radius 1 is 1.35 bits per heavy atom. The molecule has 0 atom stereocenters. The second kappa shape index (κ2) is 6.38. The molecule has 1 aromatic heterocycles. The van der Waals surface area contributed by atoms with E-state index in [0.717, 1.165) is 0 Å². The van der Waals surface area contributed by atoms with Crippen molar-refractivity contribution in [2.45, 2.75) is 6.92 Å². The highest BCUT2D eigenvalue weighted by Gasteiger charge is 2.16. The largest absolute Gasteiger partial charge is 0.489 e. The van der Waals surface area contributed by atoms with E-state index in [1.54, 1.807) is 6.07 Å². The summed E-state index contributed by atoms with van der Waals surface area (Å²) >= 11 is 5.70. The Morgan fingerprint density at radius 3 is 2.85 bits per heavy atom. The molecular formula is C13H13ClFN3O2. The number of benzene rings is 1. The molecule has 0 aliphatic rings. The number of hydrogen-bond donors (Lipinski definition) is 1. The number of hydrogen-bond acceptors (Lipinski definition) is 5. The van der Waals surface area contributed by atoms with Gasteiger partial charge in [-0.2, -0.15) is 4.98 Å². The van der Waals surface area contributed by atoms with Gasteiger partial charge in [-0.1, -0.05) is 17.7 Å². The first-order valence-electron chi connectivity index (χ1n) is 5.92. The molecule has 20 heavy (non-hydrogen) atoms. The van der Waals surface area contributed by atoms with E-state index in [1.165, 1.54) is 25.6 Å². The first kappa shape index (κ1) is 14.3. The van der Waals surface area contributed by atoms with Crippen molar-refractivity contribution in [2.24, 2.45) is 0 Å². The zero-order valence-corrected chi connectivity index (χ0v) is 11.7. The van der Waals surface area contributed by atoms with Crippen molar-refractivity contribution in [3.63, 3.8) is 0 Å². The summed E-state index contributed by atoms with van der Waals surface area (Å²) in [5.41, 5.74) is 0. The summed E-state index contributed by atoms with van der Waals surface area (Å²) in [6.45, 7) is 2.57. The summed E-state index contributed by atoms with van der Waals surface area (Å²) < 4.78 is 24.4. The van der Waals surface area contributed by atoms with Crippen LogP contribution in [0, 0.1) is 5.82 Å². The van der Waals surface area contributed by atoms with Crippen LogP contribution in [-0.4, -0.2) is 23.6 Å². The normalized spacial score (nSPS) is 10.2. The molecule has 0 saturated heterocycles. The van der Waals surface area contributed by atoms with Crippen LogP contribution in [0.2, 0.25) is 5.02 Å². The molecule has 1 aromatic carbocycles. The lowest BCUT2D eigenvalue weighted by molar-refractivity contribution is 0.360.